The van der Waals surface area contributed by atoms with Gasteiger partial charge in [-0.15, -0.1) is 0 Å². The molecular weight excluding hydrogens is 290 g/mol. The first-order valence-corrected chi connectivity index (χ1v) is 8.59. The molecule has 0 bridgehead atoms. The summed E-state index contributed by atoms with van der Waals surface area (Å²) in [6, 6.07) is 0.442. The van der Waals surface area contributed by atoms with E-state index in [1.54, 1.807) is 0 Å². The molecule has 2 aliphatic rings. The quantitative estimate of drug-likeness (QED) is 0.775. The number of rotatable bonds is 4. The molecule has 0 heterocycles. The fraction of sp³-hybridized carbons (Fsp3) is 0.933. The van der Waals surface area contributed by atoms with E-state index in [1.807, 2.05) is 0 Å². The van der Waals surface area contributed by atoms with Gasteiger partial charge in [0.1, 0.15) is 0 Å². The van der Waals surface area contributed by atoms with Crippen molar-refractivity contribution in [3.8, 4) is 0 Å². The van der Waals surface area contributed by atoms with Crippen LogP contribution < -0.4 is 5.32 Å². The summed E-state index contributed by atoms with van der Waals surface area (Å²) in [5, 5.41) is 3.22. The molecule has 0 aromatic heterocycles. The molecule has 1 amide bonds. The third-order valence-electron chi connectivity index (χ3n) is 4.53. The van der Waals surface area contributed by atoms with Gasteiger partial charge in [0, 0.05) is 17.3 Å². The number of hydrogen-bond acceptors (Lipinski definition) is 1. The van der Waals surface area contributed by atoms with Gasteiger partial charge < -0.3 is 5.32 Å². The summed E-state index contributed by atoms with van der Waals surface area (Å²) in [6.45, 7) is 0. The largest absolute Gasteiger partial charge is 0.353 e. The summed E-state index contributed by atoms with van der Waals surface area (Å²) in [6.07, 6.45) is 13.4. The van der Waals surface area contributed by atoms with Crippen molar-refractivity contribution in [2.45, 2.75) is 81.5 Å². The SMILES string of the molecule is O=C(CCC1CCCCC1)NC1CCC(Br)CC1. The van der Waals surface area contributed by atoms with Crippen LogP contribution in [0.15, 0.2) is 0 Å². The van der Waals surface area contributed by atoms with Crippen LogP contribution in [0, 0.1) is 5.92 Å². The fourth-order valence-corrected chi connectivity index (χ4v) is 3.84. The van der Waals surface area contributed by atoms with Crippen molar-refractivity contribution < 1.29 is 4.79 Å². The highest BCUT2D eigenvalue weighted by molar-refractivity contribution is 9.09. The highest BCUT2D eigenvalue weighted by Crippen LogP contribution is 2.27. The van der Waals surface area contributed by atoms with E-state index in [2.05, 4.69) is 21.2 Å². The van der Waals surface area contributed by atoms with Gasteiger partial charge in [0.25, 0.3) is 0 Å². The second-order valence-electron chi connectivity index (χ2n) is 6.06. The Morgan fingerprint density at radius 1 is 1.00 bits per heavy atom. The van der Waals surface area contributed by atoms with Gasteiger partial charge in [0.15, 0.2) is 0 Å². The number of nitrogens with one attached hydrogen (secondary N) is 1. The van der Waals surface area contributed by atoms with Crippen LogP contribution in [-0.4, -0.2) is 16.8 Å². The fourth-order valence-electron chi connectivity index (χ4n) is 3.31. The minimum absolute atomic E-state index is 0.290. The average Bonchev–Trinajstić information content (AvgIpc) is 2.40. The number of alkyl halides is 1. The first-order valence-electron chi connectivity index (χ1n) is 7.67. The molecule has 2 saturated carbocycles. The summed E-state index contributed by atoms with van der Waals surface area (Å²) < 4.78 is 0. The average molecular weight is 316 g/mol. The monoisotopic (exact) mass is 315 g/mol. The number of halogens is 1. The van der Waals surface area contributed by atoms with Gasteiger partial charge >= 0.3 is 0 Å². The van der Waals surface area contributed by atoms with E-state index >= 15 is 0 Å². The molecule has 2 aliphatic carbocycles. The first kappa shape index (κ1) is 14.4. The molecule has 2 nitrogen and oxygen atoms in total. The number of amides is 1. The molecule has 3 heteroatoms. The smallest absolute Gasteiger partial charge is 0.220 e. The van der Waals surface area contributed by atoms with E-state index in [0.717, 1.165) is 31.6 Å². The number of carbonyl (C=O) groups is 1. The molecular formula is C15H26BrNO. The van der Waals surface area contributed by atoms with E-state index < -0.39 is 0 Å². The lowest BCUT2D eigenvalue weighted by Crippen LogP contribution is -2.37. The first-order chi connectivity index (χ1) is 8.74. The molecule has 0 atom stereocenters. The highest BCUT2D eigenvalue weighted by Gasteiger charge is 2.21. The molecule has 0 aromatic carbocycles. The Kier molecular flexibility index (Phi) is 6.00. The van der Waals surface area contributed by atoms with Crippen LogP contribution in [0.4, 0.5) is 0 Å². The van der Waals surface area contributed by atoms with Crippen LogP contribution in [0.1, 0.15) is 70.6 Å². The second kappa shape index (κ2) is 7.52. The van der Waals surface area contributed by atoms with Gasteiger partial charge in [0.05, 0.1) is 0 Å². The summed E-state index contributed by atoms with van der Waals surface area (Å²) in [7, 11) is 0. The molecule has 0 radical (unpaired) electrons. The lowest BCUT2D eigenvalue weighted by atomic mass is 9.86. The molecule has 0 spiro atoms. The maximum atomic E-state index is 11.9. The Hall–Kier alpha value is -0.0500. The minimum Gasteiger partial charge on any atom is -0.353 e. The molecule has 2 fully saturated rings. The maximum absolute atomic E-state index is 11.9. The van der Waals surface area contributed by atoms with Gasteiger partial charge in [-0.3, -0.25) is 4.79 Å². The van der Waals surface area contributed by atoms with Crippen LogP contribution >= 0.6 is 15.9 Å². The predicted molar refractivity (Wildman–Crippen MR) is 78.9 cm³/mol. The Morgan fingerprint density at radius 3 is 2.33 bits per heavy atom. The van der Waals surface area contributed by atoms with Crippen molar-refractivity contribution in [1.29, 1.82) is 0 Å². The lowest BCUT2D eigenvalue weighted by Gasteiger charge is -2.26. The van der Waals surface area contributed by atoms with Crippen molar-refractivity contribution in [3.63, 3.8) is 0 Å². The summed E-state index contributed by atoms with van der Waals surface area (Å²) in [5.74, 6) is 1.11. The van der Waals surface area contributed by atoms with E-state index in [-0.39, 0.29) is 0 Å². The molecule has 104 valence electrons. The number of hydrogen-bond donors (Lipinski definition) is 1. The van der Waals surface area contributed by atoms with E-state index in [1.165, 1.54) is 44.9 Å². The van der Waals surface area contributed by atoms with Crippen LogP contribution in [-0.2, 0) is 4.79 Å². The van der Waals surface area contributed by atoms with Crippen molar-refractivity contribution in [2.24, 2.45) is 5.92 Å². The molecule has 2 rings (SSSR count). The zero-order valence-corrected chi connectivity index (χ0v) is 12.9. The third kappa shape index (κ3) is 4.91. The molecule has 0 aromatic rings. The zero-order chi connectivity index (χ0) is 12.8. The Balaban J connectivity index is 1.59. The summed E-state index contributed by atoms with van der Waals surface area (Å²) >= 11 is 3.65. The topological polar surface area (TPSA) is 29.1 Å². The van der Waals surface area contributed by atoms with Crippen molar-refractivity contribution >= 4 is 21.8 Å². The molecule has 0 unspecified atom stereocenters. The molecule has 1 N–H and O–H groups in total. The van der Waals surface area contributed by atoms with Crippen LogP contribution in [0.5, 0.6) is 0 Å². The number of carbonyl (C=O) groups excluding carboxylic acids is 1. The maximum Gasteiger partial charge on any atom is 0.220 e. The van der Waals surface area contributed by atoms with E-state index in [9.17, 15) is 4.79 Å². The molecule has 0 aliphatic heterocycles. The zero-order valence-electron chi connectivity index (χ0n) is 11.3. The van der Waals surface area contributed by atoms with E-state index in [4.69, 9.17) is 0 Å². The third-order valence-corrected chi connectivity index (χ3v) is 5.44. The van der Waals surface area contributed by atoms with Crippen molar-refractivity contribution in [2.75, 3.05) is 0 Å². The van der Waals surface area contributed by atoms with Crippen LogP contribution in [0.2, 0.25) is 0 Å². The highest BCUT2D eigenvalue weighted by atomic mass is 79.9. The van der Waals surface area contributed by atoms with E-state index in [0.29, 0.717) is 16.8 Å². The molecule has 0 saturated heterocycles. The predicted octanol–water partition coefficient (Wildman–Crippen LogP) is 4.17. The Labute approximate surface area is 119 Å². The normalized spacial score (nSPS) is 30.1. The minimum atomic E-state index is 0.290. The van der Waals surface area contributed by atoms with Gasteiger partial charge in [-0.2, -0.15) is 0 Å². The second-order valence-corrected chi connectivity index (χ2v) is 7.35. The van der Waals surface area contributed by atoms with Crippen LogP contribution in [0.3, 0.4) is 0 Å². The molecule has 18 heavy (non-hydrogen) atoms. The summed E-state index contributed by atoms with van der Waals surface area (Å²) in [4.78, 5) is 12.6. The van der Waals surface area contributed by atoms with Crippen molar-refractivity contribution in [1.82, 2.24) is 5.32 Å². The van der Waals surface area contributed by atoms with Gasteiger partial charge in [-0.05, 0) is 38.0 Å². The lowest BCUT2D eigenvalue weighted by molar-refractivity contribution is -0.122. The van der Waals surface area contributed by atoms with Crippen molar-refractivity contribution in [3.05, 3.63) is 0 Å². The Morgan fingerprint density at radius 2 is 1.67 bits per heavy atom. The van der Waals surface area contributed by atoms with Gasteiger partial charge in [-0.25, -0.2) is 0 Å². The van der Waals surface area contributed by atoms with Gasteiger partial charge in [-0.1, -0.05) is 48.0 Å². The Bertz CT molecular complexity index is 255. The standard InChI is InChI=1S/C15H26BrNO/c16-13-7-9-14(10-8-13)17-15(18)11-6-12-4-2-1-3-5-12/h12-14H,1-11H2,(H,17,18). The van der Waals surface area contributed by atoms with Gasteiger partial charge in [0.2, 0.25) is 5.91 Å². The summed E-state index contributed by atoms with van der Waals surface area (Å²) in [5.41, 5.74) is 0. The van der Waals surface area contributed by atoms with Crippen LogP contribution in [0.25, 0.3) is 0 Å².